The predicted octanol–water partition coefficient (Wildman–Crippen LogP) is 5.72. The Balaban J connectivity index is 0.000000151. The van der Waals surface area contributed by atoms with Gasteiger partial charge in [-0.1, -0.05) is 48.5 Å². The highest BCUT2D eigenvalue weighted by Gasteiger charge is 2.20. The number of anilines is 2. The molecule has 4 aromatic carbocycles. The summed E-state index contributed by atoms with van der Waals surface area (Å²) >= 11 is 0. The maximum atomic E-state index is 11.2. The normalized spacial score (nSPS) is 13.2. The lowest BCUT2D eigenvalue weighted by atomic mass is 10.0. The van der Waals surface area contributed by atoms with Gasteiger partial charge in [0, 0.05) is 53.9 Å². The Hall–Kier alpha value is -6.10. The molecule has 0 atom stereocenters. The molecule has 7 rings (SSSR count). The first-order valence-electron chi connectivity index (χ1n) is 15.6. The van der Waals surface area contributed by atoms with Crippen molar-refractivity contribution in [1.29, 1.82) is 10.8 Å². The molecule has 4 aromatic rings. The maximum absolute atomic E-state index is 11.2. The summed E-state index contributed by atoms with van der Waals surface area (Å²) in [6, 6.07) is 26.9. The van der Waals surface area contributed by atoms with Crippen LogP contribution < -0.4 is 22.9 Å². The Kier molecular flexibility index (Phi) is 10.4. The second kappa shape index (κ2) is 15.0. The summed E-state index contributed by atoms with van der Waals surface area (Å²) in [6.07, 6.45) is 3.68. The number of para-hydroxylation sites is 2. The summed E-state index contributed by atoms with van der Waals surface area (Å²) in [5.74, 6) is -0.108. The lowest BCUT2D eigenvalue weighted by molar-refractivity contribution is -0.141. The van der Waals surface area contributed by atoms with E-state index in [2.05, 4.69) is 23.2 Å². The van der Waals surface area contributed by atoms with Crippen LogP contribution in [0.1, 0.15) is 47.6 Å². The zero-order valence-electron chi connectivity index (χ0n) is 26.8. The molecule has 48 heavy (non-hydrogen) atoms. The molecule has 0 radical (unpaired) electrons. The molecule has 0 aromatic heterocycles. The number of carbonyl (C=O) groups is 1. The number of hydrogen-bond acceptors (Lipinski definition) is 9. The third-order valence-electron chi connectivity index (χ3n) is 7.86. The molecular formula is C37H39N9O2. The predicted molar refractivity (Wildman–Crippen MR) is 195 cm³/mol. The average molecular weight is 642 g/mol. The third kappa shape index (κ3) is 8.38. The molecular weight excluding hydrogens is 602 g/mol. The summed E-state index contributed by atoms with van der Waals surface area (Å²) in [4.78, 5) is 25.0. The van der Waals surface area contributed by atoms with Gasteiger partial charge in [-0.2, -0.15) is 0 Å². The highest BCUT2D eigenvalue weighted by molar-refractivity contribution is 6.11. The number of fused-ring (bicyclic) bond motifs is 3. The Morgan fingerprint density at radius 2 is 1.17 bits per heavy atom. The van der Waals surface area contributed by atoms with Crippen LogP contribution in [0.25, 0.3) is 0 Å². The lowest BCUT2D eigenvalue weighted by Crippen LogP contribution is -2.11. The molecule has 0 saturated heterocycles. The van der Waals surface area contributed by atoms with E-state index in [4.69, 9.17) is 48.5 Å². The second-order valence-electron chi connectivity index (χ2n) is 11.5. The van der Waals surface area contributed by atoms with Gasteiger partial charge in [-0.3, -0.25) is 30.6 Å². The second-order valence-corrected chi connectivity index (χ2v) is 11.5. The van der Waals surface area contributed by atoms with Crippen molar-refractivity contribution in [2.75, 3.05) is 18.1 Å². The zero-order valence-corrected chi connectivity index (χ0v) is 26.8. The number of nitrogens with one attached hydrogen (secondary N) is 2. The van der Waals surface area contributed by atoms with Gasteiger partial charge in [0.25, 0.3) is 0 Å². The molecule has 3 aliphatic rings. The SMILES string of the molecule is CCOC(=O)CC1=Nc2ccccc2C1.N=C(N)c1ccc(N)c(N)c1.N=C(N)c1ccc2c(c1)N=C(CC1=Nc3ccccc3C1)C2. The molecule has 0 fully saturated rings. The number of carbonyl (C=O) groups excluding carboxylic acids is 1. The Morgan fingerprint density at radius 3 is 1.73 bits per heavy atom. The third-order valence-corrected chi connectivity index (χ3v) is 7.86. The summed E-state index contributed by atoms with van der Waals surface area (Å²) in [5, 5.41) is 14.6. The Labute approximate surface area is 279 Å². The minimum Gasteiger partial charge on any atom is -0.466 e. The van der Waals surface area contributed by atoms with E-state index in [1.165, 1.54) is 22.4 Å². The van der Waals surface area contributed by atoms with Crippen LogP contribution in [0.4, 0.5) is 28.4 Å². The number of esters is 1. The van der Waals surface area contributed by atoms with Gasteiger partial charge in [-0.15, -0.1) is 0 Å². The van der Waals surface area contributed by atoms with Crippen molar-refractivity contribution in [3.8, 4) is 0 Å². The van der Waals surface area contributed by atoms with E-state index >= 15 is 0 Å². The van der Waals surface area contributed by atoms with Crippen LogP contribution in [0.5, 0.6) is 0 Å². The van der Waals surface area contributed by atoms with Crippen LogP contribution >= 0.6 is 0 Å². The first-order chi connectivity index (χ1) is 23.1. The van der Waals surface area contributed by atoms with Gasteiger partial charge in [0.15, 0.2) is 0 Å². The van der Waals surface area contributed by atoms with Crippen molar-refractivity contribution in [1.82, 2.24) is 0 Å². The molecule has 0 unspecified atom stereocenters. The van der Waals surface area contributed by atoms with Crippen LogP contribution in [-0.4, -0.2) is 41.4 Å². The highest BCUT2D eigenvalue weighted by Crippen LogP contribution is 2.32. The molecule has 3 aliphatic heterocycles. The van der Waals surface area contributed by atoms with Crippen LogP contribution in [0.3, 0.4) is 0 Å². The minimum absolute atomic E-state index is 0.00306. The molecule has 0 aliphatic carbocycles. The number of aliphatic imine (C=N–C) groups is 3. The van der Waals surface area contributed by atoms with E-state index in [1.54, 1.807) is 18.2 Å². The first-order valence-corrected chi connectivity index (χ1v) is 15.6. The monoisotopic (exact) mass is 641 g/mol. The van der Waals surface area contributed by atoms with E-state index < -0.39 is 0 Å². The smallest absolute Gasteiger partial charge is 0.311 e. The van der Waals surface area contributed by atoms with E-state index in [1.807, 2.05) is 55.5 Å². The highest BCUT2D eigenvalue weighted by atomic mass is 16.5. The van der Waals surface area contributed by atoms with E-state index in [0.717, 1.165) is 59.7 Å². The van der Waals surface area contributed by atoms with Crippen LogP contribution in [0.2, 0.25) is 0 Å². The van der Waals surface area contributed by atoms with Gasteiger partial charge in [0.05, 0.1) is 41.5 Å². The number of nitrogens with two attached hydrogens (primary N) is 4. The molecule has 3 heterocycles. The molecule has 0 spiro atoms. The summed E-state index contributed by atoms with van der Waals surface area (Å²) in [6.45, 7) is 2.24. The van der Waals surface area contributed by atoms with Crippen molar-refractivity contribution in [3.63, 3.8) is 0 Å². The first kappa shape index (κ1) is 33.3. The van der Waals surface area contributed by atoms with Crippen molar-refractivity contribution in [2.45, 2.75) is 39.0 Å². The van der Waals surface area contributed by atoms with E-state index in [0.29, 0.717) is 30.0 Å². The van der Waals surface area contributed by atoms with Crippen molar-refractivity contribution >= 4 is 63.2 Å². The van der Waals surface area contributed by atoms with Gasteiger partial charge in [-0.05, 0) is 60.0 Å². The number of nitrogen functional groups attached to an aromatic ring is 4. The molecule has 11 nitrogen and oxygen atoms in total. The maximum Gasteiger partial charge on any atom is 0.311 e. The zero-order chi connectivity index (χ0) is 34.2. The van der Waals surface area contributed by atoms with Gasteiger partial charge in [0.1, 0.15) is 11.7 Å². The Morgan fingerprint density at radius 1 is 0.667 bits per heavy atom. The standard InChI is InChI=1S/C18H16N4.C12H13NO2.C7H10N4/c19-18(20)13-6-5-12-8-15(22-17(12)9-13)10-14-7-11-3-1-2-4-16(11)21-14;1-2-15-12(14)8-10-7-9-5-3-4-6-11(9)13-10;8-5-2-1-4(7(10)11)3-6(5)9/h1-6,9H,7-8,10H2,(H3,19,20);3-6H,2,7-8H2,1H3;1-3H,8-9H2,(H3,10,11). The fourth-order valence-electron chi connectivity index (χ4n) is 5.48. The summed E-state index contributed by atoms with van der Waals surface area (Å²) in [5.41, 5.74) is 33.9. The fraction of sp³-hybridized carbons (Fsp3) is 0.189. The molecule has 0 saturated carbocycles. The average Bonchev–Trinajstić information content (AvgIpc) is 3.78. The topological polar surface area (TPSA) is 215 Å². The van der Waals surface area contributed by atoms with Crippen LogP contribution in [0, 0.1) is 10.8 Å². The number of rotatable bonds is 7. The molecule has 244 valence electrons. The number of ether oxygens (including phenoxy) is 1. The largest absolute Gasteiger partial charge is 0.466 e. The van der Waals surface area contributed by atoms with E-state index in [9.17, 15) is 4.79 Å². The molecule has 11 heteroatoms. The van der Waals surface area contributed by atoms with Gasteiger partial charge in [0.2, 0.25) is 0 Å². The molecule has 0 amide bonds. The van der Waals surface area contributed by atoms with Crippen LogP contribution in [0.15, 0.2) is 99.9 Å². The van der Waals surface area contributed by atoms with Crippen molar-refractivity contribution < 1.29 is 9.53 Å². The number of nitrogens with zero attached hydrogens (tertiary/aromatic N) is 3. The quantitative estimate of drug-likeness (QED) is 0.0641. The minimum atomic E-state index is -0.191. The summed E-state index contributed by atoms with van der Waals surface area (Å²) in [7, 11) is 0. The fourth-order valence-corrected chi connectivity index (χ4v) is 5.48. The van der Waals surface area contributed by atoms with E-state index in [-0.39, 0.29) is 17.6 Å². The van der Waals surface area contributed by atoms with Crippen molar-refractivity contribution in [3.05, 3.63) is 113 Å². The number of benzene rings is 4. The number of hydrogen-bond donors (Lipinski definition) is 6. The van der Waals surface area contributed by atoms with Crippen LogP contribution in [-0.2, 0) is 28.8 Å². The lowest BCUT2D eigenvalue weighted by Gasteiger charge is -2.01. The molecule has 10 N–H and O–H groups in total. The summed E-state index contributed by atoms with van der Waals surface area (Å²) < 4.78 is 4.88. The van der Waals surface area contributed by atoms with Gasteiger partial charge < -0.3 is 27.7 Å². The molecule has 0 bridgehead atoms. The van der Waals surface area contributed by atoms with Gasteiger partial charge in [-0.25, -0.2) is 0 Å². The Bertz CT molecular complexity index is 1980. The van der Waals surface area contributed by atoms with Gasteiger partial charge >= 0.3 is 5.97 Å². The van der Waals surface area contributed by atoms with Crippen molar-refractivity contribution in [2.24, 2.45) is 26.4 Å². The number of amidine groups is 2.